The summed E-state index contributed by atoms with van der Waals surface area (Å²) in [6.07, 6.45) is 16.5. The first kappa shape index (κ1) is 27.6. The summed E-state index contributed by atoms with van der Waals surface area (Å²) in [6, 6.07) is 0. The number of carbonyl (C=O) groups is 2. The molecule has 1 saturated carbocycles. The number of Topliss-reactive ketones (excluding diaryl/α,β-unsaturated/α-hetero) is 1. The molecule has 4 atom stereocenters. The Kier molecular flexibility index (Phi) is 13.0. The molecular weight excluding hydrogens is 392 g/mol. The van der Waals surface area contributed by atoms with Crippen LogP contribution in [0.1, 0.15) is 91.4 Å². The first-order valence-corrected chi connectivity index (χ1v) is 12.0. The summed E-state index contributed by atoms with van der Waals surface area (Å²) >= 11 is 0. The molecule has 5 heteroatoms. The molecule has 1 aliphatic rings. The third-order valence-electron chi connectivity index (χ3n) is 6.25. The smallest absolute Gasteiger partial charge is 0.330 e. The maximum Gasteiger partial charge on any atom is 0.330 e. The Bertz CT molecular complexity index is 587. The minimum atomic E-state index is -0.473. The number of carbonyl (C=O) groups excluding carboxylic acids is 2. The van der Waals surface area contributed by atoms with E-state index in [1.54, 1.807) is 0 Å². The van der Waals surface area contributed by atoms with Crippen molar-refractivity contribution in [3.05, 3.63) is 24.3 Å². The maximum absolute atomic E-state index is 11.9. The number of aliphatic hydroxyl groups excluding tert-OH is 2. The Morgan fingerprint density at radius 1 is 0.935 bits per heavy atom. The van der Waals surface area contributed by atoms with Crippen LogP contribution in [0, 0.1) is 17.3 Å². The maximum atomic E-state index is 11.9. The summed E-state index contributed by atoms with van der Waals surface area (Å²) < 4.78 is 4.57. The van der Waals surface area contributed by atoms with Crippen molar-refractivity contribution in [1.82, 2.24) is 0 Å². The zero-order valence-electron chi connectivity index (χ0n) is 20.0. The van der Waals surface area contributed by atoms with E-state index in [0.29, 0.717) is 18.6 Å². The van der Waals surface area contributed by atoms with Crippen molar-refractivity contribution in [1.29, 1.82) is 0 Å². The van der Waals surface area contributed by atoms with Gasteiger partial charge in [0.2, 0.25) is 0 Å². The summed E-state index contributed by atoms with van der Waals surface area (Å²) in [6.45, 7) is 5.93. The van der Waals surface area contributed by atoms with Crippen LogP contribution in [0.15, 0.2) is 24.3 Å². The quantitative estimate of drug-likeness (QED) is 0.170. The van der Waals surface area contributed by atoms with E-state index in [0.717, 1.165) is 57.8 Å². The third-order valence-corrected chi connectivity index (χ3v) is 6.25. The lowest BCUT2D eigenvalue weighted by Gasteiger charge is -2.20. The summed E-state index contributed by atoms with van der Waals surface area (Å²) in [5.41, 5.74) is -0.230. The van der Waals surface area contributed by atoms with E-state index < -0.39 is 12.2 Å². The van der Waals surface area contributed by atoms with Crippen molar-refractivity contribution in [2.75, 3.05) is 7.11 Å². The standard InChI is InChI=1S/C26H44O5/c1-26(2,3)24(29)17-13-8-6-5-7-11-15-20-21(23(28)19-22(20)27)16-12-9-10-14-18-25(30)31-4/h11,14-15,18,20-23,27-28H,5-10,12-13,16-17,19H2,1-4H3/t20-,21?,22-,23+/m1/s1. The van der Waals surface area contributed by atoms with E-state index in [2.05, 4.69) is 16.9 Å². The third kappa shape index (κ3) is 11.1. The van der Waals surface area contributed by atoms with E-state index >= 15 is 0 Å². The molecule has 0 aromatic carbocycles. The second kappa shape index (κ2) is 14.6. The van der Waals surface area contributed by atoms with Crippen LogP contribution >= 0.6 is 0 Å². The highest BCUT2D eigenvalue weighted by Crippen LogP contribution is 2.37. The molecular formula is C26H44O5. The fraction of sp³-hybridized carbons (Fsp3) is 0.769. The number of ether oxygens (including phenoxy) is 1. The Labute approximate surface area is 189 Å². The molecule has 0 aromatic heterocycles. The number of hydrogen-bond donors (Lipinski definition) is 2. The van der Waals surface area contributed by atoms with Gasteiger partial charge in [-0.15, -0.1) is 0 Å². The number of ketones is 1. The number of hydrogen-bond acceptors (Lipinski definition) is 5. The van der Waals surface area contributed by atoms with Gasteiger partial charge in [0.05, 0.1) is 19.3 Å². The van der Waals surface area contributed by atoms with Gasteiger partial charge in [0, 0.05) is 30.3 Å². The van der Waals surface area contributed by atoms with Crippen molar-refractivity contribution in [3.63, 3.8) is 0 Å². The molecule has 0 bridgehead atoms. The average Bonchev–Trinajstić information content (AvgIpc) is 2.97. The lowest BCUT2D eigenvalue weighted by molar-refractivity contribution is -0.134. The van der Waals surface area contributed by atoms with Crippen molar-refractivity contribution in [3.8, 4) is 0 Å². The minimum absolute atomic E-state index is 0.0185. The number of methoxy groups -OCH3 is 1. The van der Waals surface area contributed by atoms with Gasteiger partial charge in [-0.1, -0.05) is 58.3 Å². The van der Waals surface area contributed by atoms with Crippen LogP contribution < -0.4 is 0 Å². The molecule has 1 aliphatic carbocycles. The second-order valence-corrected chi connectivity index (χ2v) is 9.88. The van der Waals surface area contributed by atoms with Crippen molar-refractivity contribution in [2.45, 2.75) is 104 Å². The first-order valence-electron chi connectivity index (χ1n) is 12.0. The van der Waals surface area contributed by atoms with Gasteiger partial charge in [-0.2, -0.15) is 0 Å². The average molecular weight is 437 g/mol. The van der Waals surface area contributed by atoms with Crippen LogP contribution in [0.5, 0.6) is 0 Å². The highest BCUT2D eigenvalue weighted by molar-refractivity contribution is 5.83. The second-order valence-electron chi connectivity index (χ2n) is 9.88. The number of unbranched alkanes of at least 4 members (excludes halogenated alkanes) is 6. The van der Waals surface area contributed by atoms with Gasteiger partial charge in [0.25, 0.3) is 0 Å². The molecule has 2 N–H and O–H groups in total. The van der Waals surface area contributed by atoms with Crippen LogP contribution in [-0.2, 0) is 14.3 Å². The SMILES string of the molecule is COC(=O)C=CCCCCC1[C@@H](C=CCCCCCCC(=O)C(C)(C)C)[C@H](O)C[C@@H]1O. The van der Waals surface area contributed by atoms with E-state index in [4.69, 9.17) is 0 Å². The Morgan fingerprint density at radius 2 is 1.58 bits per heavy atom. The molecule has 178 valence electrons. The summed E-state index contributed by atoms with van der Waals surface area (Å²) in [7, 11) is 1.36. The number of rotatable bonds is 14. The van der Waals surface area contributed by atoms with Gasteiger partial charge in [-0.05, 0) is 44.4 Å². The number of aliphatic hydroxyl groups is 2. The van der Waals surface area contributed by atoms with Gasteiger partial charge in [-0.25, -0.2) is 4.79 Å². The van der Waals surface area contributed by atoms with E-state index in [9.17, 15) is 19.8 Å². The van der Waals surface area contributed by atoms with Crippen LogP contribution in [0.2, 0.25) is 0 Å². The van der Waals surface area contributed by atoms with E-state index in [1.165, 1.54) is 13.2 Å². The van der Waals surface area contributed by atoms with Gasteiger partial charge < -0.3 is 14.9 Å². The summed E-state index contributed by atoms with van der Waals surface area (Å²) in [5, 5.41) is 20.7. The van der Waals surface area contributed by atoms with E-state index in [1.807, 2.05) is 26.8 Å². The van der Waals surface area contributed by atoms with Gasteiger partial charge >= 0.3 is 5.97 Å². The largest absolute Gasteiger partial charge is 0.466 e. The normalized spacial score (nSPS) is 24.3. The van der Waals surface area contributed by atoms with Crippen molar-refractivity contribution >= 4 is 11.8 Å². The first-order chi connectivity index (χ1) is 14.7. The molecule has 5 nitrogen and oxygen atoms in total. The summed E-state index contributed by atoms with van der Waals surface area (Å²) in [5.74, 6) is 0.119. The fourth-order valence-electron chi connectivity index (χ4n) is 4.20. The molecule has 31 heavy (non-hydrogen) atoms. The molecule has 0 spiro atoms. The highest BCUT2D eigenvalue weighted by atomic mass is 16.5. The van der Waals surface area contributed by atoms with Gasteiger partial charge in [0.15, 0.2) is 0 Å². The topological polar surface area (TPSA) is 83.8 Å². The lowest BCUT2D eigenvalue weighted by Crippen LogP contribution is -2.20. The molecule has 0 saturated heterocycles. The van der Waals surface area contributed by atoms with Crippen molar-refractivity contribution in [2.24, 2.45) is 17.3 Å². The highest BCUT2D eigenvalue weighted by Gasteiger charge is 2.39. The fourth-order valence-corrected chi connectivity index (χ4v) is 4.20. The van der Waals surface area contributed by atoms with E-state index in [-0.39, 0.29) is 23.2 Å². The van der Waals surface area contributed by atoms with Gasteiger partial charge in [-0.3, -0.25) is 4.79 Å². The molecule has 1 unspecified atom stereocenters. The van der Waals surface area contributed by atoms with Gasteiger partial charge in [0.1, 0.15) is 5.78 Å². The molecule has 1 fully saturated rings. The number of esters is 1. The monoisotopic (exact) mass is 436 g/mol. The zero-order chi connectivity index (χ0) is 23.3. The van der Waals surface area contributed by atoms with Crippen LogP contribution in [0.4, 0.5) is 0 Å². The summed E-state index contributed by atoms with van der Waals surface area (Å²) in [4.78, 5) is 23.0. The molecule has 0 heterocycles. The molecule has 1 rings (SSSR count). The van der Waals surface area contributed by atoms with Crippen LogP contribution in [0.25, 0.3) is 0 Å². The van der Waals surface area contributed by atoms with Crippen molar-refractivity contribution < 1.29 is 24.5 Å². The molecule has 0 aromatic rings. The predicted molar refractivity (Wildman–Crippen MR) is 125 cm³/mol. The molecule has 0 amide bonds. The predicted octanol–water partition coefficient (Wildman–Crippen LogP) is 5.15. The van der Waals surface area contributed by atoms with Crippen LogP contribution in [-0.4, -0.2) is 41.3 Å². The molecule has 0 aliphatic heterocycles. The number of allylic oxidation sites excluding steroid dienone is 2. The molecule has 0 radical (unpaired) electrons. The Morgan fingerprint density at radius 3 is 2.26 bits per heavy atom. The lowest BCUT2D eigenvalue weighted by atomic mass is 9.87. The Balaban J connectivity index is 2.26. The van der Waals surface area contributed by atoms with Crippen LogP contribution in [0.3, 0.4) is 0 Å². The zero-order valence-corrected chi connectivity index (χ0v) is 20.0. The Hall–Kier alpha value is -1.46. The minimum Gasteiger partial charge on any atom is -0.466 e.